The van der Waals surface area contributed by atoms with Crippen molar-refractivity contribution in [2.75, 3.05) is 20.2 Å². The van der Waals surface area contributed by atoms with E-state index in [1.807, 2.05) is 0 Å². The predicted molar refractivity (Wildman–Crippen MR) is 67.1 cm³/mol. The first kappa shape index (κ1) is 11.4. The normalized spacial score (nSPS) is 15.8. The van der Waals surface area contributed by atoms with Crippen molar-refractivity contribution in [1.82, 2.24) is 9.29 Å². The van der Waals surface area contributed by atoms with Crippen LogP contribution in [-0.4, -0.2) is 37.9 Å². The van der Waals surface area contributed by atoms with Crippen molar-refractivity contribution < 1.29 is 13.2 Å². The topological polar surface area (TPSA) is 59.3 Å². The van der Waals surface area contributed by atoms with Crippen LogP contribution in [0.4, 0.5) is 0 Å². The molecule has 1 saturated heterocycles. The molecule has 0 radical (unpaired) electrons. The number of aromatic nitrogens is 1. The number of rotatable bonds is 3. The molecule has 1 aliphatic rings. The fourth-order valence-corrected chi connectivity index (χ4v) is 3.45. The zero-order chi connectivity index (χ0) is 12.8. The van der Waals surface area contributed by atoms with Gasteiger partial charge in [0.05, 0.1) is 12.0 Å². The second-order valence-electron chi connectivity index (χ2n) is 4.07. The van der Waals surface area contributed by atoms with Crippen LogP contribution in [0.5, 0.6) is 5.75 Å². The molecule has 1 aliphatic heterocycles. The molecule has 2 heterocycles. The van der Waals surface area contributed by atoms with Crippen molar-refractivity contribution in [3.05, 3.63) is 30.5 Å². The average Bonchev–Trinajstić information content (AvgIpc) is 3.22. The third-order valence-electron chi connectivity index (χ3n) is 2.94. The molecule has 1 aromatic heterocycles. The quantitative estimate of drug-likeness (QED) is 0.783. The summed E-state index contributed by atoms with van der Waals surface area (Å²) < 4.78 is 31.2. The highest BCUT2D eigenvalue weighted by Crippen LogP contribution is 2.32. The Morgan fingerprint density at radius 1 is 1.28 bits per heavy atom. The van der Waals surface area contributed by atoms with E-state index in [0.29, 0.717) is 34.6 Å². The maximum atomic E-state index is 12.3. The number of benzene rings is 1. The molecule has 0 amide bonds. The second kappa shape index (κ2) is 3.93. The summed E-state index contributed by atoms with van der Waals surface area (Å²) in [5, 5.41) is 0.601. The number of fused-ring (bicyclic) bond motifs is 1. The largest absolute Gasteiger partial charge is 0.494 e. The summed E-state index contributed by atoms with van der Waals surface area (Å²) in [6, 6.07) is 6.70. The Labute approximate surface area is 105 Å². The lowest BCUT2D eigenvalue weighted by Crippen LogP contribution is -2.12. The number of pyridine rings is 1. The number of nitrogens with zero attached hydrogens (tertiary/aromatic N) is 2. The van der Waals surface area contributed by atoms with E-state index >= 15 is 0 Å². The third kappa shape index (κ3) is 1.65. The molecule has 1 aromatic carbocycles. The van der Waals surface area contributed by atoms with Gasteiger partial charge < -0.3 is 4.74 Å². The molecule has 0 saturated carbocycles. The first-order valence-electron chi connectivity index (χ1n) is 5.56. The SMILES string of the molecule is COc1ccc(S(=O)(=O)N2CC2)c2cccnc12. The molecule has 0 unspecified atom stereocenters. The monoisotopic (exact) mass is 264 g/mol. The van der Waals surface area contributed by atoms with E-state index < -0.39 is 10.0 Å². The minimum absolute atomic E-state index is 0.295. The van der Waals surface area contributed by atoms with Gasteiger partial charge in [-0.2, -0.15) is 4.31 Å². The maximum Gasteiger partial charge on any atom is 0.243 e. The van der Waals surface area contributed by atoms with Gasteiger partial charge in [-0.15, -0.1) is 0 Å². The molecule has 0 N–H and O–H groups in total. The van der Waals surface area contributed by atoms with Crippen LogP contribution < -0.4 is 4.74 Å². The summed E-state index contributed by atoms with van der Waals surface area (Å²) in [6.45, 7) is 1.19. The van der Waals surface area contributed by atoms with Gasteiger partial charge in [-0.1, -0.05) is 0 Å². The van der Waals surface area contributed by atoms with Gasteiger partial charge in [0.15, 0.2) is 0 Å². The predicted octanol–water partition coefficient (Wildman–Crippen LogP) is 1.25. The van der Waals surface area contributed by atoms with Crippen LogP contribution in [0.25, 0.3) is 10.9 Å². The highest BCUT2D eigenvalue weighted by Gasteiger charge is 2.34. The lowest BCUT2D eigenvalue weighted by molar-refractivity contribution is 0.418. The average molecular weight is 264 g/mol. The van der Waals surface area contributed by atoms with E-state index in [1.165, 1.54) is 4.31 Å². The fourth-order valence-electron chi connectivity index (χ4n) is 1.93. The molecule has 2 aromatic rings. The number of hydrogen-bond donors (Lipinski definition) is 0. The molecule has 0 atom stereocenters. The molecule has 3 rings (SSSR count). The van der Waals surface area contributed by atoms with Crippen molar-refractivity contribution in [3.63, 3.8) is 0 Å². The zero-order valence-corrected chi connectivity index (χ0v) is 10.6. The van der Waals surface area contributed by atoms with Crippen molar-refractivity contribution in [1.29, 1.82) is 0 Å². The van der Waals surface area contributed by atoms with Gasteiger partial charge in [0, 0.05) is 24.7 Å². The number of methoxy groups -OCH3 is 1. The Balaban J connectivity index is 2.31. The summed E-state index contributed by atoms with van der Waals surface area (Å²) in [5.41, 5.74) is 0.572. The summed E-state index contributed by atoms with van der Waals surface area (Å²) in [7, 11) is -1.84. The van der Waals surface area contributed by atoms with Crippen LogP contribution in [0, 0.1) is 0 Å². The van der Waals surface area contributed by atoms with E-state index in [-0.39, 0.29) is 0 Å². The molecule has 0 bridgehead atoms. The molecule has 94 valence electrons. The van der Waals surface area contributed by atoms with Crippen molar-refractivity contribution in [2.24, 2.45) is 0 Å². The Morgan fingerprint density at radius 3 is 2.72 bits per heavy atom. The van der Waals surface area contributed by atoms with Gasteiger partial charge >= 0.3 is 0 Å². The lowest BCUT2D eigenvalue weighted by Gasteiger charge is -2.10. The van der Waals surface area contributed by atoms with Gasteiger partial charge in [0.1, 0.15) is 11.3 Å². The second-order valence-corrected chi connectivity index (χ2v) is 5.98. The van der Waals surface area contributed by atoms with Crippen molar-refractivity contribution >= 4 is 20.9 Å². The van der Waals surface area contributed by atoms with Crippen LogP contribution >= 0.6 is 0 Å². The van der Waals surface area contributed by atoms with Gasteiger partial charge in [0.25, 0.3) is 0 Å². The number of hydrogen-bond acceptors (Lipinski definition) is 4. The highest BCUT2D eigenvalue weighted by atomic mass is 32.2. The van der Waals surface area contributed by atoms with E-state index in [1.54, 1.807) is 37.6 Å². The third-order valence-corrected chi connectivity index (χ3v) is 4.89. The molecule has 0 spiro atoms. The Kier molecular flexibility index (Phi) is 2.49. The molecule has 1 fully saturated rings. The molecule has 18 heavy (non-hydrogen) atoms. The van der Waals surface area contributed by atoms with Gasteiger partial charge in [-0.25, -0.2) is 8.42 Å². The Morgan fingerprint density at radius 2 is 2.06 bits per heavy atom. The van der Waals surface area contributed by atoms with Gasteiger partial charge in [-0.3, -0.25) is 4.98 Å². The fraction of sp³-hybridized carbons (Fsp3) is 0.250. The van der Waals surface area contributed by atoms with E-state index in [2.05, 4.69) is 4.98 Å². The molecular formula is C12H12N2O3S. The molecule has 6 heteroatoms. The minimum Gasteiger partial charge on any atom is -0.494 e. The van der Waals surface area contributed by atoms with Gasteiger partial charge in [0.2, 0.25) is 10.0 Å². The van der Waals surface area contributed by atoms with Crippen LogP contribution in [-0.2, 0) is 10.0 Å². The molecule has 0 aliphatic carbocycles. The summed E-state index contributed by atoms with van der Waals surface area (Å²) in [4.78, 5) is 4.49. The highest BCUT2D eigenvalue weighted by molar-refractivity contribution is 7.89. The maximum absolute atomic E-state index is 12.3. The number of sulfonamides is 1. The van der Waals surface area contributed by atoms with Crippen LogP contribution in [0.15, 0.2) is 35.4 Å². The minimum atomic E-state index is -3.38. The standard InChI is InChI=1S/C12H12N2O3S/c1-17-10-4-5-11(18(15,16)14-7-8-14)9-3-2-6-13-12(9)10/h2-6H,7-8H2,1H3. The van der Waals surface area contributed by atoms with E-state index in [9.17, 15) is 8.42 Å². The van der Waals surface area contributed by atoms with Gasteiger partial charge in [-0.05, 0) is 24.3 Å². The zero-order valence-electron chi connectivity index (χ0n) is 9.83. The first-order chi connectivity index (χ1) is 8.64. The molecule has 5 nitrogen and oxygen atoms in total. The summed E-state index contributed by atoms with van der Waals surface area (Å²) in [5.74, 6) is 0.579. The van der Waals surface area contributed by atoms with Crippen molar-refractivity contribution in [3.8, 4) is 5.75 Å². The summed E-state index contributed by atoms with van der Waals surface area (Å²) >= 11 is 0. The number of ether oxygens (including phenoxy) is 1. The van der Waals surface area contributed by atoms with Crippen molar-refractivity contribution in [2.45, 2.75) is 4.90 Å². The summed E-state index contributed by atoms with van der Waals surface area (Å²) in [6.07, 6.45) is 1.62. The van der Waals surface area contributed by atoms with Crippen LogP contribution in [0.2, 0.25) is 0 Å². The Hall–Kier alpha value is -1.66. The van der Waals surface area contributed by atoms with Crippen LogP contribution in [0.3, 0.4) is 0 Å². The smallest absolute Gasteiger partial charge is 0.243 e. The lowest BCUT2D eigenvalue weighted by atomic mass is 10.2. The first-order valence-corrected chi connectivity index (χ1v) is 7.00. The van der Waals surface area contributed by atoms with Crippen LogP contribution in [0.1, 0.15) is 0 Å². The van der Waals surface area contributed by atoms with E-state index in [4.69, 9.17) is 4.74 Å². The Bertz CT molecular complexity index is 708. The van der Waals surface area contributed by atoms with E-state index in [0.717, 1.165) is 0 Å². The molecular weight excluding hydrogens is 252 g/mol.